The maximum absolute atomic E-state index is 13.8. The Kier molecular flexibility index (Phi) is 7.15. The normalized spacial score (nSPS) is 11.7. The molecule has 0 aliphatic heterocycles. The number of benzene rings is 3. The fourth-order valence-electron chi connectivity index (χ4n) is 5.01. The van der Waals surface area contributed by atoms with Crippen LogP contribution in [0.2, 0.25) is 5.02 Å². The summed E-state index contributed by atoms with van der Waals surface area (Å²) in [6.07, 6.45) is 1.72. The number of aromatic nitrogens is 3. The quantitative estimate of drug-likeness (QED) is 0.211. The third-order valence-corrected chi connectivity index (χ3v) is 7.39. The second-order valence-electron chi connectivity index (χ2n) is 9.99. The zero-order valence-corrected chi connectivity index (χ0v) is 23.7. The lowest BCUT2D eigenvalue weighted by atomic mass is 9.96. The number of fused-ring (bicyclic) bond motifs is 1. The highest BCUT2D eigenvalue weighted by Crippen LogP contribution is 2.34. The lowest BCUT2D eigenvalue weighted by molar-refractivity contribution is 0.407. The van der Waals surface area contributed by atoms with Crippen molar-refractivity contribution in [2.24, 2.45) is 5.10 Å². The molecule has 0 fully saturated rings. The third kappa shape index (κ3) is 4.77. The van der Waals surface area contributed by atoms with Crippen LogP contribution in [0.3, 0.4) is 0 Å². The van der Waals surface area contributed by atoms with E-state index in [9.17, 15) is 4.79 Å². The van der Waals surface area contributed by atoms with Crippen LogP contribution >= 0.6 is 11.6 Å². The number of methoxy groups -OCH3 is 1. The van der Waals surface area contributed by atoms with Crippen LogP contribution in [0, 0.1) is 20.8 Å². The summed E-state index contributed by atoms with van der Waals surface area (Å²) in [5.41, 5.74) is 6.98. The number of hydrogen-bond acceptors (Lipinski definition) is 4. The van der Waals surface area contributed by atoms with Gasteiger partial charge in [0.15, 0.2) is 5.82 Å². The van der Waals surface area contributed by atoms with E-state index in [4.69, 9.17) is 26.4 Å². The van der Waals surface area contributed by atoms with Crippen molar-refractivity contribution in [3.05, 3.63) is 110 Å². The minimum Gasteiger partial charge on any atom is -0.496 e. The monoisotopic (exact) mass is 538 g/mol. The van der Waals surface area contributed by atoms with Gasteiger partial charge in [0.2, 0.25) is 0 Å². The second-order valence-corrected chi connectivity index (χ2v) is 10.4. The first kappa shape index (κ1) is 26.4. The molecular weight excluding hydrogens is 508 g/mol. The predicted molar refractivity (Wildman–Crippen MR) is 160 cm³/mol. The first-order valence-corrected chi connectivity index (χ1v) is 13.3. The highest BCUT2D eigenvalue weighted by Gasteiger charge is 2.19. The second kappa shape index (κ2) is 10.5. The minimum atomic E-state index is -0.229. The van der Waals surface area contributed by atoms with Gasteiger partial charge in [0.1, 0.15) is 5.75 Å². The maximum atomic E-state index is 13.8. The molecule has 3 aromatic carbocycles. The van der Waals surface area contributed by atoms with Crippen LogP contribution in [0.5, 0.6) is 5.75 Å². The Morgan fingerprint density at radius 1 is 1.00 bits per heavy atom. The average molecular weight is 539 g/mol. The van der Waals surface area contributed by atoms with Gasteiger partial charge in [0, 0.05) is 22.5 Å². The number of halogens is 1. The van der Waals surface area contributed by atoms with Gasteiger partial charge in [-0.15, -0.1) is 0 Å². The van der Waals surface area contributed by atoms with Gasteiger partial charge in [-0.05, 0) is 80.3 Å². The first-order valence-electron chi connectivity index (χ1n) is 12.9. The molecule has 0 saturated carbocycles. The predicted octanol–water partition coefficient (Wildman–Crippen LogP) is 7.45. The van der Waals surface area contributed by atoms with Gasteiger partial charge >= 0.3 is 0 Å². The van der Waals surface area contributed by atoms with Gasteiger partial charge in [0.05, 0.1) is 34.9 Å². The number of rotatable bonds is 6. The van der Waals surface area contributed by atoms with Crippen molar-refractivity contribution in [3.8, 4) is 22.8 Å². The summed E-state index contributed by atoms with van der Waals surface area (Å²) in [6.45, 7) is 10.3. The highest BCUT2D eigenvalue weighted by atomic mass is 35.5. The summed E-state index contributed by atoms with van der Waals surface area (Å²) in [5.74, 6) is 1.52. The van der Waals surface area contributed by atoms with Gasteiger partial charge in [-0.2, -0.15) is 9.78 Å². The highest BCUT2D eigenvalue weighted by molar-refractivity contribution is 6.32. The van der Waals surface area contributed by atoms with Crippen LogP contribution in [-0.2, 0) is 0 Å². The smallest absolute Gasteiger partial charge is 0.282 e. The van der Waals surface area contributed by atoms with E-state index in [-0.39, 0.29) is 11.5 Å². The lowest BCUT2D eigenvalue weighted by Gasteiger charge is -2.17. The van der Waals surface area contributed by atoms with E-state index in [0.717, 1.165) is 45.1 Å². The Morgan fingerprint density at radius 2 is 1.72 bits per heavy atom. The summed E-state index contributed by atoms with van der Waals surface area (Å²) in [7, 11) is 1.67. The molecule has 0 spiro atoms. The Balaban J connectivity index is 1.72. The topological polar surface area (TPSA) is 61.4 Å². The number of ether oxygens (including phenoxy) is 1. The van der Waals surface area contributed by atoms with E-state index in [0.29, 0.717) is 21.7 Å². The molecule has 198 valence electrons. The van der Waals surface area contributed by atoms with E-state index in [1.54, 1.807) is 19.4 Å². The fraction of sp³-hybridized carbons (Fsp3) is 0.219. The molecule has 5 rings (SSSR count). The Hall–Kier alpha value is -4.16. The van der Waals surface area contributed by atoms with Crippen LogP contribution in [0.15, 0.2) is 76.6 Å². The molecule has 0 aliphatic rings. The zero-order chi connectivity index (χ0) is 27.8. The van der Waals surface area contributed by atoms with Crippen molar-refractivity contribution in [2.75, 3.05) is 7.11 Å². The standard InChI is InChI=1S/C32H31ClN4O2/c1-19(2)25-17-26(20(3)15-30(25)39-6)31-35-28-13-9-7-11-24(28)32(38)37(31)34-18-23-16-21(4)36(22(23)5)29-14-10-8-12-27(29)33/h7-19H,1-6H3. The van der Waals surface area contributed by atoms with E-state index in [1.165, 1.54) is 4.68 Å². The number of para-hydroxylation sites is 2. The summed E-state index contributed by atoms with van der Waals surface area (Å²) in [6, 6.07) is 21.2. The van der Waals surface area contributed by atoms with Crippen LogP contribution in [0.4, 0.5) is 0 Å². The number of hydrogen-bond donors (Lipinski definition) is 0. The molecule has 0 radical (unpaired) electrons. The van der Waals surface area contributed by atoms with Gasteiger partial charge in [-0.25, -0.2) is 4.98 Å². The van der Waals surface area contributed by atoms with E-state index in [2.05, 4.69) is 24.5 Å². The molecule has 0 atom stereocenters. The zero-order valence-electron chi connectivity index (χ0n) is 23.0. The minimum absolute atomic E-state index is 0.221. The van der Waals surface area contributed by atoms with Gasteiger partial charge < -0.3 is 9.30 Å². The van der Waals surface area contributed by atoms with E-state index < -0.39 is 0 Å². The molecule has 2 heterocycles. The molecule has 0 amide bonds. The fourth-order valence-corrected chi connectivity index (χ4v) is 5.23. The average Bonchev–Trinajstić information content (AvgIpc) is 3.20. The molecule has 5 aromatic rings. The molecule has 0 N–H and O–H groups in total. The molecule has 39 heavy (non-hydrogen) atoms. The molecule has 6 nitrogen and oxygen atoms in total. The summed E-state index contributed by atoms with van der Waals surface area (Å²) in [5, 5.41) is 5.90. The molecule has 0 saturated heterocycles. The molecule has 2 aromatic heterocycles. The van der Waals surface area contributed by atoms with Crippen LogP contribution < -0.4 is 10.3 Å². The summed E-state index contributed by atoms with van der Waals surface area (Å²) >= 11 is 6.50. The van der Waals surface area contributed by atoms with Gasteiger partial charge in [-0.3, -0.25) is 4.79 Å². The lowest BCUT2D eigenvalue weighted by Crippen LogP contribution is -2.21. The summed E-state index contributed by atoms with van der Waals surface area (Å²) in [4.78, 5) is 18.7. The van der Waals surface area contributed by atoms with Crippen molar-refractivity contribution in [1.29, 1.82) is 0 Å². The largest absolute Gasteiger partial charge is 0.496 e. The van der Waals surface area contributed by atoms with Crippen molar-refractivity contribution in [1.82, 2.24) is 14.2 Å². The Morgan fingerprint density at radius 3 is 2.44 bits per heavy atom. The van der Waals surface area contributed by atoms with Crippen molar-refractivity contribution in [3.63, 3.8) is 0 Å². The van der Waals surface area contributed by atoms with Crippen LogP contribution in [0.25, 0.3) is 28.0 Å². The van der Waals surface area contributed by atoms with E-state index >= 15 is 0 Å². The molecule has 0 unspecified atom stereocenters. The third-order valence-electron chi connectivity index (χ3n) is 7.07. The van der Waals surface area contributed by atoms with E-state index in [1.807, 2.05) is 75.4 Å². The Bertz CT molecular complexity index is 1800. The van der Waals surface area contributed by atoms with Crippen molar-refractivity contribution >= 4 is 28.7 Å². The van der Waals surface area contributed by atoms with Crippen molar-refractivity contribution < 1.29 is 4.74 Å². The molecular formula is C32H31ClN4O2. The molecule has 0 aliphatic carbocycles. The number of nitrogens with zero attached hydrogens (tertiary/aromatic N) is 4. The van der Waals surface area contributed by atoms with Gasteiger partial charge in [0.25, 0.3) is 5.56 Å². The SMILES string of the molecule is COc1cc(C)c(-c2nc3ccccc3c(=O)n2N=Cc2cc(C)n(-c3ccccc3Cl)c2C)cc1C(C)C. The number of aryl methyl sites for hydroxylation is 2. The van der Waals surface area contributed by atoms with Crippen LogP contribution in [0.1, 0.15) is 47.8 Å². The van der Waals surface area contributed by atoms with Crippen molar-refractivity contribution in [2.45, 2.75) is 40.5 Å². The van der Waals surface area contributed by atoms with Crippen LogP contribution in [-0.4, -0.2) is 27.6 Å². The molecule has 7 heteroatoms. The summed E-state index contributed by atoms with van der Waals surface area (Å²) < 4.78 is 9.15. The molecule has 0 bridgehead atoms. The Labute approximate surface area is 233 Å². The van der Waals surface area contributed by atoms with Gasteiger partial charge in [-0.1, -0.05) is 49.7 Å². The maximum Gasteiger partial charge on any atom is 0.282 e. The first-order chi connectivity index (χ1) is 18.7.